The van der Waals surface area contributed by atoms with Gasteiger partial charge in [0.25, 0.3) is 0 Å². The van der Waals surface area contributed by atoms with Gasteiger partial charge >= 0.3 is 12.0 Å². The third-order valence-corrected chi connectivity index (χ3v) is 3.64. The van der Waals surface area contributed by atoms with Gasteiger partial charge in [-0.15, -0.1) is 0 Å². The highest BCUT2D eigenvalue weighted by Gasteiger charge is 2.51. The molecule has 0 heterocycles. The zero-order valence-corrected chi connectivity index (χ0v) is 11.7. The van der Waals surface area contributed by atoms with Gasteiger partial charge in [0.05, 0.1) is 4.47 Å². The number of carbonyl (C=O) groups excluding carboxylic acids is 1. The molecule has 102 valence electrons. The zero-order chi connectivity index (χ0) is 14.2. The van der Waals surface area contributed by atoms with Crippen molar-refractivity contribution in [3.8, 4) is 0 Å². The lowest BCUT2D eigenvalue weighted by Gasteiger charge is -2.15. The predicted molar refractivity (Wildman–Crippen MR) is 70.6 cm³/mol. The van der Waals surface area contributed by atoms with Crippen LogP contribution in [0.15, 0.2) is 16.6 Å². The number of nitrogens with one attached hydrogen (secondary N) is 2. The molecular formula is C12H12BrFN2O3. The van der Waals surface area contributed by atoms with E-state index in [1.54, 1.807) is 6.92 Å². The van der Waals surface area contributed by atoms with Gasteiger partial charge in [0.15, 0.2) is 0 Å². The number of aliphatic carboxylic acids is 1. The van der Waals surface area contributed by atoms with Crippen molar-refractivity contribution in [3.05, 3.63) is 28.0 Å². The number of hydrogen-bond acceptors (Lipinski definition) is 2. The summed E-state index contributed by atoms with van der Waals surface area (Å²) in [6.07, 6.45) is 0.837. The van der Waals surface area contributed by atoms with Crippen LogP contribution in [0.1, 0.15) is 18.4 Å². The van der Waals surface area contributed by atoms with Gasteiger partial charge in [0, 0.05) is 5.69 Å². The second-order valence-corrected chi connectivity index (χ2v) is 5.40. The number of carboxylic acids is 1. The van der Waals surface area contributed by atoms with E-state index >= 15 is 0 Å². The van der Waals surface area contributed by atoms with Crippen molar-refractivity contribution in [1.82, 2.24) is 5.32 Å². The van der Waals surface area contributed by atoms with Crippen molar-refractivity contribution in [1.29, 1.82) is 0 Å². The molecule has 0 aromatic heterocycles. The van der Waals surface area contributed by atoms with E-state index in [-0.39, 0.29) is 4.47 Å². The van der Waals surface area contributed by atoms with Crippen molar-refractivity contribution in [3.63, 3.8) is 0 Å². The van der Waals surface area contributed by atoms with Crippen LogP contribution in [0.4, 0.5) is 14.9 Å². The predicted octanol–water partition coefficient (Wildman–Crippen LogP) is 2.64. The highest BCUT2D eigenvalue weighted by atomic mass is 79.9. The van der Waals surface area contributed by atoms with Crippen LogP contribution in [0.5, 0.6) is 0 Å². The number of benzene rings is 1. The lowest BCUT2D eigenvalue weighted by Crippen LogP contribution is -2.45. The molecule has 1 saturated carbocycles. The molecule has 3 N–H and O–H groups in total. The van der Waals surface area contributed by atoms with Gasteiger partial charge in [-0.05, 0) is 53.4 Å². The van der Waals surface area contributed by atoms with E-state index in [4.69, 9.17) is 5.11 Å². The Labute approximate surface area is 117 Å². The van der Waals surface area contributed by atoms with E-state index in [9.17, 15) is 14.0 Å². The van der Waals surface area contributed by atoms with Gasteiger partial charge in [-0.1, -0.05) is 0 Å². The fourth-order valence-corrected chi connectivity index (χ4v) is 2.01. The molecule has 0 saturated heterocycles. The topological polar surface area (TPSA) is 78.4 Å². The SMILES string of the molecule is Cc1cc(F)c(Br)cc1NC(=O)NC1(C(=O)O)CC1. The second-order valence-electron chi connectivity index (χ2n) is 4.55. The number of amides is 2. The Hall–Kier alpha value is -1.63. The maximum atomic E-state index is 13.2. The summed E-state index contributed by atoms with van der Waals surface area (Å²) in [7, 11) is 0. The maximum Gasteiger partial charge on any atom is 0.329 e. The fourth-order valence-electron chi connectivity index (χ4n) is 1.67. The van der Waals surface area contributed by atoms with Crippen LogP contribution in [0.2, 0.25) is 0 Å². The molecule has 7 heteroatoms. The molecule has 5 nitrogen and oxygen atoms in total. The van der Waals surface area contributed by atoms with E-state index in [2.05, 4.69) is 26.6 Å². The lowest BCUT2D eigenvalue weighted by atomic mass is 10.2. The molecule has 1 aromatic rings. The summed E-state index contributed by atoms with van der Waals surface area (Å²) in [6.45, 7) is 1.65. The summed E-state index contributed by atoms with van der Waals surface area (Å²) in [5.74, 6) is -1.47. The Morgan fingerprint density at radius 3 is 2.58 bits per heavy atom. The average molecular weight is 331 g/mol. The van der Waals surface area contributed by atoms with Crippen LogP contribution in [-0.4, -0.2) is 22.6 Å². The van der Waals surface area contributed by atoms with Gasteiger partial charge in [0.1, 0.15) is 11.4 Å². The first-order chi connectivity index (χ1) is 8.84. The van der Waals surface area contributed by atoms with E-state index in [0.29, 0.717) is 24.1 Å². The number of carboxylic acid groups (broad SMARTS) is 1. The highest BCUT2D eigenvalue weighted by molar-refractivity contribution is 9.10. The van der Waals surface area contributed by atoms with Crippen molar-refractivity contribution >= 4 is 33.6 Å². The molecule has 2 amide bonds. The number of aryl methyl sites for hydroxylation is 1. The van der Waals surface area contributed by atoms with E-state index < -0.39 is 23.4 Å². The van der Waals surface area contributed by atoms with Gasteiger partial charge < -0.3 is 15.7 Å². The monoisotopic (exact) mass is 330 g/mol. The van der Waals surface area contributed by atoms with E-state index in [1.807, 2.05) is 0 Å². The van der Waals surface area contributed by atoms with E-state index in [1.165, 1.54) is 12.1 Å². The largest absolute Gasteiger partial charge is 0.480 e. The van der Waals surface area contributed by atoms with Crippen LogP contribution >= 0.6 is 15.9 Å². The molecule has 0 atom stereocenters. The Morgan fingerprint density at radius 1 is 1.42 bits per heavy atom. The van der Waals surface area contributed by atoms with Gasteiger partial charge in [-0.3, -0.25) is 0 Å². The van der Waals surface area contributed by atoms with E-state index in [0.717, 1.165) is 0 Å². The molecular weight excluding hydrogens is 319 g/mol. The molecule has 1 aliphatic carbocycles. The highest BCUT2D eigenvalue weighted by Crippen LogP contribution is 2.35. The molecule has 1 aromatic carbocycles. The number of halogens is 2. The first-order valence-electron chi connectivity index (χ1n) is 5.62. The summed E-state index contributed by atoms with van der Waals surface area (Å²) < 4.78 is 13.5. The molecule has 1 aliphatic rings. The standard InChI is InChI=1S/C12H12BrFN2O3/c1-6-4-8(14)7(13)5-9(6)15-11(19)16-12(2-3-12)10(17)18/h4-5H,2-3H2,1H3,(H,17,18)(H2,15,16,19). The summed E-state index contributed by atoms with van der Waals surface area (Å²) in [5.41, 5.74) is -0.169. The minimum absolute atomic E-state index is 0.229. The first-order valence-corrected chi connectivity index (χ1v) is 6.41. The van der Waals surface area contributed by atoms with Crippen LogP contribution in [0.3, 0.4) is 0 Å². The molecule has 1 fully saturated rings. The summed E-state index contributed by atoms with van der Waals surface area (Å²) in [4.78, 5) is 22.7. The van der Waals surface area contributed by atoms with Crippen molar-refractivity contribution in [2.45, 2.75) is 25.3 Å². The third kappa shape index (κ3) is 2.86. The molecule has 0 radical (unpaired) electrons. The normalized spacial score (nSPS) is 15.7. The molecule has 0 aliphatic heterocycles. The minimum atomic E-state index is -1.14. The molecule has 0 spiro atoms. The third-order valence-electron chi connectivity index (χ3n) is 3.03. The molecule has 0 bridgehead atoms. The van der Waals surface area contributed by atoms with Crippen LogP contribution < -0.4 is 10.6 Å². The van der Waals surface area contributed by atoms with Crippen molar-refractivity contribution in [2.75, 3.05) is 5.32 Å². The number of urea groups is 1. The summed E-state index contributed by atoms with van der Waals surface area (Å²) in [6, 6.07) is 2.11. The van der Waals surface area contributed by atoms with Gasteiger partial charge in [-0.2, -0.15) is 0 Å². The Kier molecular flexibility index (Phi) is 3.49. The average Bonchev–Trinajstić information content (AvgIpc) is 3.06. The van der Waals surface area contributed by atoms with Gasteiger partial charge in [0.2, 0.25) is 0 Å². The van der Waals surface area contributed by atoms with Crippen LogP contribution in [0, 0.1) is 12.7 Å². The van der Waals surface area contributed by atoms with Crippen molar-refractivity contribution < 1.29 is 19.1 Å². The van der Waals surface area contributed by atoms with Crippen LogP contribution in [-0.2, 0) is 4.79 Å². The van der Waals surface area contributed by atoms with Crippen molar-refractivity contribution in [2.24, 2.45) is 0 Å². The Balaban J connectivity index is 2.08. The van der Waals surface area contributed by atoms with Gasteiger partial charge in [-0.25, -0.2) is 14.0 Å². The Morgan fingerprint density at radius 2 is 2.05 bits per heavy atom. The van der Waals surface area contributed by atoms with Crippen LogP contribution in [0.25, 0.3) is 0 Å². The first kappa shape index (κ1) is 13.8. The lowest BCUT2D eigenvalue weighted by molar-refractivity contribution is -0.140. The quantitative estimate of drug-likeness (QED) is 0.797. The maximum absolute atomic E-state index is 13.2. The number of anilines is 1. The fraction of sp³-hybridized carbons (Fsp3) is 0.333. The summed E-state index contributed by atoms with van der Waals surface area (Å²) >= 11 is 3.03. The zero-order valence-electron chi connectivity index (χ0n) is 10.1. The summed E-state index contributed by atoms with van der Waals surface area (Å²) in [5, 5.41) is 13.9. The molecule has 2 rings (SSSR count). The molecule has 19 heavy (non-hydrogen) atoms. The number of hydrogen-bond donors (Lipinski definition) is 3. The molecule has 0 unspecified atom stereocenters. The minimum Gasteiger partial charge on any atom is -0.480 e. The number of carbonyl (C=O) groups is 2. The second kappa shape index (κ2) is 4.80. The Bertz CT molecular complexity index is 558. The smallest absolute Gasteiger partial charge is 0.329 e. The number of rotatable bonds is 3.